The van der Waals surface area contributed by atoms with Gasteiger partial charge in [0.2, 0.25) is 5.91 Å². The fraction of sp³-hybridized carbons (Fsp3) is 0.765. The molecule has 1 aliphatic carbocycles. The van der Waals surface area contributed by atoms with Crippen molar-refractivity contribution in [3.05, 3.63) is 18.0 Å². The molecule has 0 unspecified atom stereocenters. The second-order valence-corrected chi connectivity index (χ2v) is 7.14. The summed E-state index contributed by atoms with van der Waals surface area (Å²) in [7, 11) is 1.91. The fourth-order valence-electron chi connectivity index (χ4n) is 3.85. The molecule has 0 spiro atoms. The largest absolute Gasteiger partial charge is 0.371 e. The maximum Gasteiger partial charge on any atom is 0.228 e. The lowest BCUT2D eigenvalue weighted by molar-refractivity contribution is -0.139. The Morgan fingerprint density at radius 1 is 1.26 bits per heavy atom. The van der Waals surface area contributed by atoms with Gasteiger partial charge >= 0.3 is 0 Å². The number of carbonyl (C=O) groups excluding carboxylic acids is 1. The van der Waals surface area contributed by atoms with Gasteiger partial charge < -0.3 is 9.64 Å². The third-order valence-corrected chi connectivity index (χ3v) is 5.46. The van der Waals surface area contributed by atoms with Crippen molar-refractivity contribution in [2.75, 3.05) is 39.3 Å². The minimum atomic E-state index is -0.139. The van der Waals surface area contributed by atoms with Gasteiger partial charge in [-0.3, -0.25) is 14.4 Å². The van der Waals surface area contributed by atoms with Gasteiger partial charge in [-0.25, -0.2) is 0 Å². The van der Waals surface area contributed by atoms with Gasteiger partial charge in [0.05, 0.1) is 11.6 Å². The van der Waals surface area contributed by atoms with E-state index < -0.39 is 0 Å². The van der Waals surface area contributed by atoms with E-state index in [-0.39, 0.29) is 17.9 Å². The summed E-state index contributed by atoms with van der Waals surface area (Å²) in [6, 6.07) is 1.96. The fourth-order valence-corrected chi connectivity index (χ4v) is 3.85. The molecular formula is C17H26N4O2. The Morgan fingerprint density at radius 2 is 2.04 bits per heavy atom. The highest BCUT2D eigenvalue weighted by Crippen LogP contribution is 2.36. The summed E-state index contributed by atoms with van der Waals surface area (Å²) in [4.78, 5) is 17.5. The van der Waals surface area contributed by atoms with E-state index in [0.717, 1.165) is 44.2 Å². The van der Waals surface area contributed by atoms with E-state index in [0.29, 0.717) is 6.61 Å². The monoisotopic (exact) mass is 318 g/mol. The summed E-state index contributed by atoms with van der Waals surface area (Å²) in [5.74, 6) is 1.13. The van der Waals surface area contributed by atoms with Crippen LogP contribution in [0.15, 0.2) is 12.3 Å². The molecule has 3 fully saturated rings. The van der Waals surface area contributed by atoms with E-state index in [1.165, 1.54) is 19.4 Å². The van der Waals surface area contributed by atoms with Crippen LogP contribution in [-0.2, 0) is 16.6 Å². The Morgan fingerprint density at radius 3 is 2.70 bits per heavy atom. The van der Waals surface area contributed by atoms with Crippen molar-refractivity contribution < 1.29 is 9.53 Å². The van der Waals surface area contributed by atoms with Crippen LogP contribution in [0.25, 0.3) is 0 Å². The van der Waals surface area contributed by atoms with Crippen molar-refractivity contribution in [1.82, 2.24) is 19.6 Å². The summed E-state index contributed by atoms with van der Waals surface area (Å²) in [6.07, 6.45) is 5.24. The van der Waals surface area contributed by atoms with E-state index in [1.54, 1.807) is 6.20 Å². The number of hydrogen-bond donors (Lipinski definition) is 0. The number of rotatable bonds is 4. The van der Waals surface area contributed by atoms with Crippen molar-refractivity contribution >= 4 is 5.91 Å². The normalized spacial score (nSPS) is 29.2. The van der Waals surface area contributed by atoms with Crippen LogP contribution in [0.3, 0.4) is 0 Å². The minimum Gasteiger partial charge on any atom is -0.371 e. The lowest BCUT2D eigenvalue weighted by atomic mass is 9.97. The molecule has 0 aromatic carbocycles. The standard InChI is InChI=1S/C17H26N4O2/c1-19-15(4-6-18-19)16-14(5-11-23-16)17(22)21-9-7-20(8-10-21)12-13-2-3-13/h4,6,13-14,16H,2-3,5,7-12H2,1H3/t14-,16-/m1/s1. The second-order valence-electron chi connectivity index (χ2n) is 7.14. The predicted molar refractivity (Wildman–Crippen MR) is 85.8 cm³/mol. The van der Waals surface area contributed by atoms with Crippen LogP contribution in [0.1, 0.15) is 31.1 Å². The van der Waals surface area contributed by atoms with Crippen LogP contribution in [0.2, 0.25) is 0 Å². The molecule has 0 radical (unpaired) electrons. The van der Waals surface area contributed by atoms with Gasteiger partial charge in [0.15, 0.2) is 0 Å². The van der Waals surface area contributed by atoms with Gasteiger partial charge in [-0.2, -0.15) is 5.10 Å². The van der Waals surface area contributed by atoms with Crippen LogP contribution in [0.4, 0.5) is 0 Å². The van der Waals surface area contributed by atoms with Crippen LogP contribution >= 0.6 is 0 Å². The molecular weight excluding hydrogens is 292 g/mol. The average Bonchev–Trinajstić information content (AvgIpc) is 3.08. The molecule has 6 heteroatoms. The number of hydrogen-bond acceptors (Lipinski definition) is 4. The number of nitrogens with zero attached hydrogens (tertiary/aromatic N) is 4. The van der Waals surface area contributed by atoms with E-state index in [9.17, 15) is 4.79 Å². The Balaban J connectivity index is 1.37. The predicted octanol–water partition coefficient (Wildman–Crippen LogP) is 1.05. The highest BCUT2D eigenvalue weighted by molar-refractivity contribution is 5.80. The molecule has 1 aromatic heterocycles. The van der Waals surface area contributed by atoms with Crippen molar-refractivity contribution in [2.24, 2.45) is 18.9 Å². The third kappa shape index (κ3) is 3.15. The van der Waals surface area contributed by atoms with Crippen molar-refractivity contribution in [2.45, 2.75) is 25.4 Å². The number of piperazine rings is 1. The molecule has 1 saturated carbocycles. The summed E-state index contributed by atoms with van der Waals surface area (Å²) >= 11 is 0. The summed E-state index contributed by atoms with van der Waals surface area (Å²) in [6.45, 7) is 5.65. The minimum absolute atomic E-state index is 0.0552. The Kier molecular flexibility index (Phi) is 4.11. The maximum atomic E-state index is 13.0. The third-order valence-electron chi connectivity index (χ3n) is 5.46. The number of amides is 1. The molecule has 3 aliphatic rings. The molecule has 6 nitrogen and oxygen atoms in total. The molecule has 0 N–H and O–H groups in total. The Labute approximate surface area is 137 Å². The molecule has 1 amide bonds. The molecule has 4 rings (SSSR count). The molecule has 2 aliphatic heterocycles. The van der Waals surface area contributed by atoms with E-state index in [2.05, 4.69) is 10.00 Å². The van der Waals surface area contributed by atoms with E-state index in [4.69, 9.17) is 4.74 Å². The van der Waals surface area contributed by atoms with Crippen LogP contribution in [0.5, 0.6) is 0 Å². The zero-order chi connectivity index (χ0) is 15.8. The smallest absolute Gasteiger partial charge is 0.228 e. The van der Waals surface area contributed by atoms with Crippen molar-refractivity contribution in [1.29, 1.82) is 0 Å². The van der Waals surface area contributed by atoms with Crippen LogP contribution in [-0.4, -0.2) is 64.8 Å². The molecule has 3 heterocycles. The topological polar surface area (TPSA) is 50.6 Å². The SMILES string of the molecule is Cn1nccc1[C@@H]1OCC[C@H]1C(=O)N1CCN(CC2CC2)CC1. The van der Waals surface area contributed by atoms with E-state index >= 15 is 0 Å². The second kappa shape index (κ2) is 6.24. The van der Waals surface area contributed by atoms with Gasteiger partial charge in [0, 0.05) is 52.6 Å². The van der Waals surface area contributed by atoms with Crippen LogP contribution in [0, 0.1) is 11.8 Å². The van der Waals surface area contributed by atoms with Crippen molar-refractivity contribution in [3.63, 3.8) is 0 Å². The van der Waals surface area contributed by atoms with Gasteiger partial charge in [-0.1, -0.05) is 0 Å². The zero-order valence-electron chi connectivity index (χ0n) is 13.9. The average molecular weight is 318 g/mol. The summed E-state index contributed by atoms with van der Waals surface area (Å²) < 4.78 is 7.69. The number of aromatic nitrogens is 2. The quantitative estimate of drug-likeness (QED) is 0.833. The zero-order valence-corrected chi connectivity index (χ0v) is 13.9. The first kappa shape index (κ1) is 15.1. The maximum absolute atomic E-state index is 13.0. The molecule has 2 atom stereocenters. The number of aryl methyl sites for hydroxylation is 1. The Hall–Kier alpha value is -1.40. The first-order valence-electron chi connectivity index (χ1n) is 8.83. The van der Waals surface area contributed by atoms with Gasteiger partial charge in [-0.15, -0.1) is 0 Å². The lowest BCUT2D eigenvalue weighted by Crippen LogP contribution is -2.51. The summed E-state index contributed by atoms with van der Waals surface area (Å²) in [5, 5.41) is 4.22. The Bertz CT molecular complexity index is 561. The molecule has 2 saturated heterocycles. The highest BCUT2D eigenvalue weighted by Gasteiger charge is 2.39. The first-order chi connectivity index (χ1) is 11.2. The van der Waals surface area contributed by atoms with E-state index in [1.807, 2.05) is 22.7 Å². The molecule has 23 heavy (non-hydrogen) atoms. The summed E-state index contributed by atoms with van der Waals surface area (Å²) in [5.41, 5.74) is 1.01. The lowest BCUT2D eigenvalue weighted by Gasteiger charge is -2.36. The molecule has 126 valence electrons. The van der Waals surface area contributed by atoms with Gasteiger partial charge in [0.1, 0.15) is 6.10 Å². The first-order valence-corrected chi connectivity index (χ1v) is 8.83. The molecule has 0 bridgehead atoms. The van der Waals surface area contributed by atoms with Crippen molar-refractivity contribution in [3.8, 4) is 0 Å². The van der Waals surface area contributed by atoms with Gasteiger partial charge in [-0.05, 0) is 31.2 Å². The number of ether oxygens (including phenoxy) is 1. The molecule has 1 aromatic rings. The van der Waals surface area contributed by atoms with Gasteiger partial charge in [0.25, 0.3) is 0 Å². The number of carbonyl (C=O) groups is 1. The van der Waals surface area contributed by atoms with Crippen LogP contribution < -0.4 is 0 Å². The highest BCUT2D eigenvalue weighted by atomic mass is 16.5.